The van der Waals surface area contributed by atoms with Crippen LogP contribution in [0.4, 0.5) is 0 Å². The first-order valence-corrected chi connectivity index (χ1v) is 7.44. The summed E-state index contributed by atoms with van der Waals surface area (Å²) in [5.41, 5.74) is 12.7. The van der Waals surface area contributed by atoms with E-state index in [1.165, 1.54) is 32.1 Å². The van der Waals surface area contributed by atoms with Crippen LogP contribution in [0.5, 0.6) is 0 Å². The molecule has 20 heavy (non-hydrogen) atoms. The first-order valence-electron chi connectivity index (χ1n) is 7.06. The van der Waals surface area contributed by atoms with Crippen molar-refractivity contribution in [3.63, 3.8) is 0 Å². The van der Waals surface area contributed by atoms with Crippen LogP contribution < -0.4 is 11.5 Å². The molecule has 108 valence electrons. The molecule has 1 fully saturated rings. The van der Waals surface area contributed by atoms with Crippen LogP contribution in [0.1, 0.15) is 44.1 Å². The van der Waals surface area contributed by atoms with Crippen LogP contribution in [0.15, 0.2) is 34.5 Å². The highest BCUT2D eigenvalue weighted by atomic mass is 35.5. The second-order valence-electron chi connectivity index (χ2n) is 5.29. The van der Waals surface area contributed by atoms with Gasteiger partial charge in [-0.15, -0.1) is 5.10 Å². The van der Waals surface area contributed by atoms with Gasteiger partial charge in [0.1, 0.15) is 0 Å². The molecule has 1 aromatic carbocycles. The number of hydrogen-bond donors (Lipinski definition) is 2. The number of rotatable bonds is 4. The maximum absolute atomic E-state index is 5.93. The summed E-state index contributed by atoms with van der Waals surface area (Å²) >= 11 is 5.93. The van der Waals surface area contributed by atoms with Gasteiger partial charge in [0, 0.05) is 5.02 Å². The number of hydrogen-bond acceptors (Lipinski definition) is 2. The molecule has 0 heterocycles. The molecular formula is C15H21ClN4. The Morgan fingerprint density at radius 2 is 1.70 bits per heavy atom. The molecule has 4 nitrogen and oxygen atoms in total. The van der Waals surface area contributed by atoms with Gasteiger partial charge >= 0.3 is 0 Å². The van der Waals surface area contributed by atoms with Gasteiger partial charge in [0.25, 0.3) is 0 Å². The highest BCUT2D eigenvalue weighted by Crippen LogP contribution is 2.28. The molecule has 0 radical (unpaired) electrons. The van der Waals surface area contributed by atoms with Crippen molar-refractivity contribution < 1.29 is 0 Å². The van der Waals surface area contributed by atoms with Crippen molar-refractivity contribution in [2.24, 2.45) is 27.6 Å². The molecule has 2 rings (SSSR count). The fraction of sp³-hybridized carbons (Fsp3) is 0.467. The molecule has 1 aliphatic carbocycles. The fourth-order valence-corrected chi connectivity index (χ4v) is 2.77. The van der Waals surface area contributed by atoms with E-state index >= 15 is 0 Å². The molecule has 0 saturated heterocycles. The van der Waals surface area contributed by atoms with Crippen molar-refractivity contribution in [2.45, 2.75) is 38.5 Å². The van der Waals surface area contributed by atoms with Gasteiger partial charge in [-0.25, -0.2) is 0 Å². The van der Waals surface area contributed by atoms with Gasteiger partial charge in [0.05, 0.1) is 5.71 Å². The van der Waals surface area contributed by atoms with Crippen LogP contribution in [0.2, 0.25) is 5.02 Å². The van der Waals surface area contributed by atoms with E-state index in [0.29, 0.717) is 10.9 Å². The lowest BCUT2D eigenvalue weighted by atomic mass is 9.84. The number of benzene rings is 1. The van der Waals surface area contributed by atoms with Gasteiger partial charge in [0.2, 0.25) is 5.96 Å². The van der Waals surface area contributed by atoms with Crippen LogP contribution >= 0.6 is 11.6 Å². The van der Waals surface area contributed by atoms with Gasteiger partial charge in [-0.05, 0) is 30.0 Å². The van der Waals surface area contributed by atoms with Crippen LogP contribution in [-0.2, 0) is 0 Å². The topological polar surface area (TPSA) is 76.8 Å². The number of guanidine groups is 1. The van der Waals surface area contributed by atoms with Crippen molar-refractivity contribution in [3.8, 4) is 0 Å². The van der Waals surface area contributed by atoms with E-state index in [0.717, 1.165) is 17.7 Å². The van der Waals surface area contributed by atoms with E-state index in [1.807, 2.05) is 24.3 Å². The largest absolute Gasteiger partial charge is 0.369 e. The van der Waals surface area contributed by atoms with E-state index in [4.69, 9.17) is 23.1 Å². The Balaban J connectivity index is 2.17. The first-order chi connectivity index (χ1) is 9.65. The number of nitrogens with two attached hydrogens (primary N) is 2. The zero-order chi connectivity index (χ0) is 14.4. The highest BCUT2D eigenvalue weighted by molar-refractivity contribution is 6.30. The van der Waals surface area contributed by atoms with Gasteiger partial charge in [-0.3, -0.25) is 0 Å². The molecule has 0 aromatic heterocycles. The van der Waals surface area contributed by atoms with Crippen molar-refractivity contribution in [3.05, 3.63) is 34.9 Å². The van der Waals surface area contributed by atoms with Crippen LogP contribution in [-0.4, -0.2) is 11.7 Å². The second kappa shape index (κ2) is 7.29. The quantitative estimate of drug-likeness (QED) is 0.507. The summed E-state index contributed by atoms with van der Waals surface area (Å²) in [5, 5.41) is 8.76. The third kappa shape index (κ3) is 4.53. The lowest BCUT2D eigenvalue weighted by Crippen LogP contribution is -2.22. The predicted molar refractivity (Wildman–Crippen MR) is 85.0 cm³/mol. The second-order valence-corrected chi connectivity index (χ2v) is 5.72. The molecule has 0 amide bonds. The monoisotopic (exact) mass is 292 g/mol. The third-order valence-corrected chi connectivity index (χ3v) is 3.92. The lowest BCUT2D eigenvalue weighted by molar-refractivity contribution is 0.368. The standard InChI is InChI=1S/C15H21ClN4/c16-13-8-6-12(7-9-13)14(19-20-15(17)18)10-11-4-2-1-3-5-11/h6-9,11H,1-5,10H2,(H4,17,18,20)/b19-14+. The minimum Gasteiger partial charge on any atom is -0.369 e. The van der Waals surface area contributed by atoms with Crippen LogP contribution in [0, 0.1) is 5.92 Å². The summed E-state index contributed by atoms with van der Waals surface area (Å²) in [6, 6.07) is 7.66. The summed E-state index contributed by atoms with van der Waals surface area (Å²) in [6.07, 6.45) is 7.39. The molecule has 0 unspecified atom stereocenters. The van der Waals surface area contributed by atoms with Gasteiger partial charge in [0.15, 0.2) is 0 Å². The van der Waals surface area contributed by atoms with E-state index in [9.17, 15) is 0 Å². The van der Waals surface area contributed by atoms with E-state index in [-0.39, 0.29) is 5.96 Å². The average molecular weight is 293 g/mol. The maximum atomic E-state index is 5.93. The Labute approximate surface area is 124 Å². The van der Waals surface area contributed by atoms with Crippen molar-refractivity contribution >= 4 is 23.3 Å². The molecule has 1 aromatic rings. The van der Waals surface area contributed by atoms with Gasteiger partial charge in [-0.1, -0.05) is 55.8 Å². The molecule has 4 N–H and O–H groups in total. The Bertz CT molecular complexity index is 483. The highest BCUT2D eigenvalue weighted by Gasteiger charge is 2.17. The molecule has 0 aliphatic heterocycles. The van der Waals surface area contributed by atoms with Crippen molar-refractivity contribution in [2.75, 3.05) is 0 Å². The zero-order valence-electron chi connectivity index (χ0n) is 11.6. The van der Waals surface area contributed by atoms with Crippen molar-refractivity contribution in [1.29, 1.82) is 0 Å². The third-order valence-electron chi connectivity index (χ3n) is 3.67. The Kier molecular flexibility index (Phi) is 5.41. The molecule has 0 atom stereocenters. The predicted octanol–water partition coefficient (Wildman–Crippen LogP) is 3.29. The Hall–Kier alpha value is -1.55. The Morgan fingerprint density at radius 3 is 2.30 bits per heavy atom. The lowest BCUT2D eigenvalue weighted by Gasteiger charge is -2.21. The zero-order valence-corrected chi connectivity index (χ0v) is 12.3. The SMILES string of the molecule is NC(N)=N/N=C(\CC1CCCCC1)c1ccc(Cl)cc1. The van der Waals surface area contributed by atoms with Gasteiger partial charge < -0.3 is 11.5 Å². The molecule has 0 bridgehead atoms. The van der Waals surface area contributed by atoms with E-state index in [1.54, 1.807) is 0 Å². The smallest absolute Gasteiger partial charge is 0.211 e. The molecule has 5 heteroatoms. The molecule has 0 spiro atoms. The summed E-state index contributed by atoms with van der Waals surface area (Å²) in [6.45, 7) is 0. The average Bonchev–Trinajstić information content (AvgIpc) is 2.45. The first kappa shape index (κ1) is 14.9. The summed E-state index contributed by atoms with van der Waals surface area (Å²) < 4.78 is 0. The summed E-state index contributed by atoms with van der Waals surface area (Å²) in [5.74, 6) is 0.660. The van der Waals surface area contributed by atoms with Crippen molar-refractivity contribution in [1.82, 2.24) is 0 Å². The number of nitrogens with zero attached hydrogens (tertiary/aromatic N) is 2. The maximum Gasteiger partial charge on any atom is 0.211 e. The molecule has 1 aliphatic rings. The van der Waals surface area contributed by atoms with E-state index in [2.05, 4.69) is 10.2 Å². The fourth-order valence-electron chi connectivity index (χ4n) is 2.64. The van der Waals surface area contributed by atoms with Gasteiger partial charge in [-0.2, -0.15) is 5.10 Å². The molecular weight excluding hydrogens is 272 g/mol. The summed E-state index contributed by atoms with van der Waals surface area (Å²) in [7, 11) is 0. The Morgan fingerprint density at radius 1 is 1.05 bits per heavy atom. The summed E-state index contributed by atoms with van der Waals surface area (Å²) in [4.78, 5) is 0. The number of halogens is 1. The van der Waals surface area contributed by atoms with Crippen LogP contribution in [0.3, 0.4) is 0 Å². The normalized spacial score (nSPS) is 16.9. The van der Waals surface area contributed by atoms with E-state index < -0.39 is 0 Å². The minimum absolute atomic E-state index is 0.0138. The molecule has 1 saturated carbocycles. The van der Waals surface area contributed by atoms with Crippen LogP contribution in [0.25, 0.3) is 0 Å². The minimum atomic E-state index is -0.0138.